The van der Waals surface area contributed by atoms with Crippen molar-refractivity contribution >= 4 is 36.0 Å². The van der Waals surface area contributed by atoms with E-state index in [2.05, 4.69) is 54.1 Å². The molecule has 0 bridgehead atoms. The number of aromatic nitrogens is 1. The number of rotatable bonds is 5. The standard InChI is InChI=1S/C21H37N5O2.HI/c1-7-22-19(25(6)16-18-9-8-12-24(18)5)23-15-17-10-13-26(14-11-17)20(27)28-21(2,3)4;/h8-9,12,17H,7,10-11,13-16H2,1-6H3,(H,22,23);1H. The molecule has 0 unspecified atom stereocenters. The molecule has 1 N–H and O–H groups in total. The molecule has 7 nitrogen and oxygen atoms in total. The number of piperidine rings is 1. The fraction of sp³-hybridized carbons (Fsp3) is 0.714. The largest absolute Gasteiger partial charge is 0.444 e. The van der Waals surface area contributed by atoms with Gasteiger partial charge < -0.3 is 24.4 Å². The van der Waals surface area contributed by atoms with Gasteiger partial charge in [0.05, 0.1) is 6.54 Å². The predicted octanol–water partition coefficient (Wildman–Crippen LogP) is 3.69. The third kappa shape index (κ3) is 8.44. The van der Waals surface area contributed by atoms with Gasteiger partial charge in [-0.3, -0.25) is 4.99 Å². The second kappa shape index (κ2) is 11.7. The van der Waals surface area contributed by atoms with E-state index in [9.17, 15) is 4.79 Å². The molecule has 0 aliphatic carbocycles. The van der Waals surface area contributed by atoms with Crippen LogP contribution in [0.4, 0.5) is 4.79 Å². The van der Waals surface area contributed by atoms with E-state index >= 15 is 0 Å². The molecule has 1 aliphatic rings. The van der Waals surface area contributed by atoms with Crippen LogP contribution in [0.15, 0.2) is 23.3 Å². The number of nitrogens with zero attached hydrogens (tertiary/aromatic N) is 4. The average molecular weight is 519 g/mol. The molecule has 1 saturated heterocycles. The number of hydrogen-bond acceptors (Lipinski definition) is 3. The van der Waals surface area contributed by atoms with E-state index in [-0.39, 0.29) is 30.1 Å². The molecule has 2 heterocycles. The van der Waals surface area contributed by atoms with Crippen LogP contribution in [0.1, 0.15) is 46.2 Å². The molecule has 0 spiro atoms. The number of nitrogens with one attached hydrogen (secondary N) is 1. The van der Waals surface area contributed by atoms with Gasteiger partial charge in [0.1, 0.15) is 5.60 Å². The summed E-state index contributed by atoms with van der Waals surface area (Å²) in [5.74, 6) is 1.43. The van der Waals surface area contributed by atoms with Gasteiger partial charge in [-0.05, 0) is 58.6 Å². The number of likely N-dealkylation sites (tertiary alicyclic amines) is 1. The molecule has 0 aromatic carbocycles. The molecular formula is C21H38IN5O2. The van der Waals surface area contributed by atoms with Crippen molar-refractivity contribution in [3.05, 3.63) is 24.0 Å². The maximum Gasteiger partial charge on any atom is 0.410 e. The summed E-state index contributed by atoms with van der Waals surface area (Å²) in [6.45, 7) is 11.7. The lowest BCUT2D eigenvalue weighted by atomic mass is 9.97. The van der Waals surface area contributed by atoms with Crippen LogP contribution >= 0.6 is 24.0 Å². The van der Waals surface area contributed by atoms with Crippen molar-refractivity contribution in [1.82, 2.24) is 19.7 Å². The highest BCUT2D eigenvalue weighted by Crippen LogP contribution is 2.20. The van der Waals surface area contributed by atoms with Crippen molar-refractivity contribution in [2.45, 2.75) is 52.7 Å². The number of aliphatic imine (C=N–C) groups is 1. The number of halogens is 1. The van der Waals surface area contributed by atoms with Crippen molar-refractivity contribution < 1.29 is 9.53 Å². The zero-order valence-electron chi connectivity index (χ0n) is 18.8. The minimum absolute atomic E-state index is 0. The van der Waals surface area contributed by atoms with Gasteiger partial charge in [-0.2, -0.15) is 0 Å². The van der Waals surface area contributed by atoms with Gasteiger partial charge in [0.15, 0.2) is 5.96 Å². The SMILES string of the molecule is CCNC(=NCC1CCN(C(=O)OC(C)(C)C)CC1)N(C)Cc1cccn1C.I. The second-order valence-electron chi connectivity index (χ2n) is 8.57. The van der Waals surface area contributed by atoms with Gasteiger partial charge in [0.2, 0.25) is 0 Å². The van der Waals surface area contributed by atoms with Crippen LogP contribution < -0.4 is 5.32 Å². The van der Waals surface area contributed by atoms with Crippen LogP contribution in [0, 0.1) is 5.92 Å². The fourth-order valence-electron chi connectivity index (χ4n) is 3.29. The lowest BCUT2D eigenvalue weighted by molar-refractivity contribution is 0.0187. The number of hydrogen-bond donors (Lipinski definition) is 1. The van der Waals surface area contributed by atoms with Gasteiger partial charge in [0.25, 0.3) is 0 Å². The molecule has 0 radical (unpaired) electrons. The lowest BCUT2D eigenvalue weighted by Crippen LogP contribution is -2.42. The highest BCUT2D eigenvalue weighted by atomic mass is 127. The Kier molecular flexibility index (Phi) is 10.3. The van der Waals surface area contributed by atoms with Crippen molar-refractivity contribution in [3.63, 3.8) is 0 Å². The lowest BCUT2D eigenvalue weighted by Gasteiger charge is -2.33. The molecule has 8 heteroatoms. The minimum atomic E-state index is -0.443. The maximum absolute atomic E-state index is 12.2. The molecule has 29 heavy (non-hydrogen) atoms. The Morgan fingerprint density at radius 2 is 2.00 bits per heavy atom. The highest BCUT2D eigenvalue weighted by molar-refractivity contribution is 14.0. The first kappa shape index (κ1) is 25.6. The van der Waals surface area contributed by atoms with Gasteiger partial charge in [-0.25, -0.2) is 4.79 Å². The second-order valence-corrected chi connectivity index (χ2v) is 8.57. The van der Waals surface area contributed by atoms with E-state index in [4.69, 9.17) is 9.73 Å². The number of aryl methyl sites for hydroxylation is 1. The molecule has 0 saturated carbocycles. The van der Waals surface area contributed by atoms with Gasteiger partial charge in [-0.15, -0.1) is 24.0 Å². The topological polar surface area (TPSA) is 62.1 Å². The van der Waals surface area contributed by atoms with Crippen LogP contribution in [0.2, 0.25) is 0 Å². The highest BCUT2D eigenvalue weighted by Gasteiger charge is 2.26. The Morgan fingerprint density at radius 1 is 1.34 bits per heavy atom. The Labute approximate surface area is 192 Å². The van der Waals surface area contributed by atoms with E-state index in [0.717, 1.165) is 51.5 Å². The van der Waals surface area contributed by atoms with Crippen LogP contribution in [-0.4, -0.2) is 65.2 Å². The molecular weight excluding hydrogens is 481 g/mol. The maximum atomic E-state index is 12.2. The van der Waals surface area contributed by atoms with E-state index in [1.54, 1.807) is 0 Å². The third-order valence-electron chi connectivity index (χ3n) is 4.91. The quantitative estimate of drug-likeness (QED) is 0.366. The Bertz CT molecular complexity index is 660. The monoisotopic (exact) mass is 519 g/mol. The molecule has 166 valence electrons. The minimum Gasteiger partial charge on any atom is -0.444 e. The fourth-order valence-corrected chi connectivity index (χ4v) is 3.29. The Morgan fingerprint density at radius 3 is 2.52 bits per heavy atom. The summed E-state index contributed by atoms with van der Waals surface area (Å²) < 4.78 is 7.61. The first-order valence-electron chi connectivity index (χ1n) is 10.3. The normalized spacial score (nSPS) is 15.7. The number of carbonyl (C=O) groups excluding carboxylic acids is 1. The van der Waals surface area contributed by atoms with E-state index < -0.39 is 5.60 Å². The van der Waals surface area contributed by atoms with Gasteiger partial charge >= 0.3 is 6.09 Å². The molecule has 1 aliphatic heterocycles. The van der Waals surface area contributed by atoms with Crippen molar-refractivity contribution in [3.8, 4) is 0 Å². The number of amides is 1. The number of ether oxygens (including phenoxy) is 1. The summed E-state index contributed by atoms with van der Waals surface area (Å²) in [6, 6.07) is 4.19. The smallest absolute Gasteiger partial charge is 0.410 e. The molecule has 1 aromatic rings. The van der Waals surface area contributed by atoms with E-state index in [1.807, 2.05) is 25.7 Å². The summed E-state index contributed by atoms with van der Waals surface area (Å²) >= 11 is 0. The molecule has 1 amide bonds. The van der Waals surface area contributed by atoms with Crippen LogP contribution in [0.3, 0.4) is 0 Å². The summed E-state index contributed by atoms with van der Waals surface area (Å²) in [4.78, 5) is 21.0. The van der Waals surface area contributed by atoms with Crippen molar-refractivity contribution in [1.29, 1.82) is 0 Å². The van der Waals surface area contributed by atoms with Crippen LogP contribution in [-0.2, 0) is 18.3 Å². The van der Waals surface area contributed by atoms with E-state index in [1.165, 1.54) is 5.69 Å². The summed E-state index contributed by atoms with van der Waals surface area (Å²) in [5.41, 5.74) is 0.806. The van der Waals surface area contributed by atoms with Crippen LogP contribution in [0.25, 0.3) is 0 Å². The first-order valence-corrected chi connectivity index (χ1v) is 10.3. The van der Waals surface area contributed by atoms with Crippen LogP contribution in [0.5, 0.6) is 0 Å². The van der Waals surface area contributed by atoms with Crippen molar-refractivity contribution in [2.24, 2.45) is 18.0 Å². The summed E-state index contributed by atoms with van der Waals surface area (Å²) in [6.07, 6.45) is 3.78. The zero-order valence-corrected chi connectivity index (χ0v) is 21.1. The van der Waals surface area contributed by atoms with Crippen molar-refractivity contribution in [2.75, 3.05) is 33.2 Å². The third-order valence-corrected chi connectivity index (χ3v) is 4.91. The molecule has 0 atom stereocenters. The first-order chi connectivity index (χ1) is 13.2. The zero-order chi connectivity index (χ0) is 20.7. The number of carbonyl (C=O) groups is 1. The Hall–Kier alpha value is -1.45. The summed E-state index contributed by atoms with van der Waals surface area (Å²) in [5, 5.41) is 3.39. The van der Waals surface area contributed by atoms with Gasteiger partial charge in [-0.1, -0.05) is 0 Å². The number of guanidine groups is 1. The predicted molar refractivity (Wildman–Crippen MR) is 129 cm³/mol. The average Bonchev–Trinajstić information content (AvgIpc) is 3.02. The summed E-state index contributed by atoms with van der Waals surface area (Å²) in [7, 11) is 4.13. The van der Waals surface area contributed by atoms with Gasteiger partial charge in [0, 0.05) is 52.2 Å². The molecule has 1 fully saturated rings. The molecule has 2 rings (SSSR count). The molecule has 1 aromatic heterocycles. The Balaban J connectivity index is 0.00000420. The van der Waals surface area contributed by atoms with E-state index in [0.29, 0.717) is 5.92 Å².